The monoisotopic (exact) mass is 465 g/mol. The van der Waals surface area contributed by atoms with Gasteiger partial charge in [0.1, 0.15) is 5.82 Å². The van der Waals surface area contributed by atoms with Crippen LogP contribution < -0.4 is 0 Å². The summed E-state index contributed by atoms with van der Waals surface area (Å²) in [5.74, 6) is 0.170. The van der Waals surface area contributed by atoms with Crippen molar-refractivity contribution in [3.63, 3.8) is 0 Å². The number of hydrogen-bond acceptors (Lipinski definition) is 5. The van der Waals surface area contributed by atoms with Gasteiger partial charge < -0.3 is 4.42 Å². The van der Waals surface area contributed by atoms with E-state index in [4.69, 9.17) is 4.42 Å². The van der Waals surface area contributed by atoms with Gasteiger partial charge in [-0.2, -0.15) is 4.31 Å². The van der Waals surface area contributed by atoms with Gasteiger partial charge in [-0.3, -0.25) is 0 Å². The minimum Gasteiger partial charge on any atom is -0.420 e. The zero-order valence-electron chi connectivity index (χ0n) is 14.8. The van der Waals surface area contributed by atoms with Gasteiger partial charge in [0, 0.05) is 23.1 Å². The van der Waals surface area contributed by atoms with Gasteiger partial charge >= 0.3 is 0 Å². The molecule has 0 N–H and O–H groups in total. The molecule has 1 saturated heterocycles. The first-order valence-corrected chi connectivity index (χ1v) is 11.0. The minimum absolute atomic E-state index is 0.180. The van der Waals surface area contributed by atoms with Crippen molar-refractivity contribution < 1.29 is 17.2 Å². The van der Waals surface area contributed by atoms with Crippen molar-refractivity contribution in [3.8, 4) is 11.5 Å². The fraction of sp³-hybridized carbons (Fsp3) is 0.263. The predicted octanol–water partition coefficient (Wildman–Crippen LogP) is 4.21. The second-order valence-corrected chi connectivity index (χ2v) is 9.46. The van der Waals surface area contributed by atoms with Crippen molar-refractivity contribution in [1.29, 1.82) is 0 Å². The van der Waals surface area contributed by atoms with E-state index in [1.165, 1.54) is 16.4 Å². The van der Waals surface area contributed by atoms with Crippen LogP contribution in [0, 0.1) is 5.82 Å². The SMILES string of the molecule is O=S(=O)(c1ccc(Br)cc1)N1CCCC(c2nnc(-c3ccc(F)cc3)o2)C1. The van der Waals surface area contributed by atoms with E-state index in [2.05, 4.69) is 26.1 Å². The lowest BCUT2D eigenvalue weighted by atomic mass is 10.00. The van der Waals surface area contributed by atoms with Gasteiger partial charge in [0.25, 0.3) is 0 Å². The number of aromatic nitrogens is 2. The summed E-state index contributed by atoms with van der Waals surface area (Å²) in [5.41, 5.74) is 0.621. The highest BCUT2D eigenvalue weighted by molar-refractivity contribution is 9.10. The number of benzene rings is 2. The summed E-state index contributed by atoms with van der Waals surface area (Å²) in [6.07, 6.45) is 1.46. The lowest BCUT2D eigenvalue weighted by Crippen LogP contribution is -2.39. The summed E-state index contributed by atoms with van der Waals surface area (Å²) >= 11 is 3.32. The average molecular weight is 466 g/mol. The number of rotatable bonds is 4. The molecule has 2 aromatic carbocycles. The van der Waals surface area contributed by atoms with E-state index >= 15 is 0 Å². The molecule has 0 spiro atoms. The molecule has 1 fully saturated rings. The molecule has 0 bridgehead atoms. The summed E-state index contributed by atoms with van der Waals surface area (Å²) in [7, 11) is -3.59. The quantitative estimate of drug-likeness (QED) is 0.576. The van der Waals surface area contributed by atoms with E-state index in [9.17, 15) is 12.8 Å². The van der Waals surface area contributed by atoms with Crippen molar-refractivity contribution in [2.45, 2.75) is 23.7 Å². The molecule has 1 aromatic heterocycles. The third-order valence-corrected chi connectivity index (χ3v) is 7.12. The Labute approximate surface area is 170 Å². The molecule has 28 heavy (non-hydrogen) atoms. The topological polar surface area (TPSA) is 76.3 Å². The second-order valence-electron chi connectivity index (χ2n) is 6.61. The molecule has 6 nitrogen and oxygen atoms in total. The maximum atomic E-state index is 13.1. The molecule has 1 aliphatic rings. The molecule has 9 heteroatoms. The summed E-state index contributed by atoms with van der Waals surface area (Å²) in [5, 5.41) is 8.14. The zero-order valence-corrected chi connectivity index (χ0v) is 17.2. The van der Waals surface area contributed by atoms with E-state index in [0.717, 1.165) is 10.9 Å². The first kappa shape index (κ1) is 19.2. The van der Waals surface area contributed by atoms with Gasteiger partial charge in [0.05, 0.1) is 10.8 Å². The van der Waals surface area contributed by atoms with Gasteiger partial charge in [-0.05, 0) is 61.4 Å². The van der Waals surface area contributed by atoms with E-state index in [1.807, 2.05) is 0 Å². The Morgan fingerprint density at radius 1 is 1.07 bits per heavy atom. The van der Waals surface area contributed by atoms with E-state index < -0.39 is 10.0 Å². The van der Waals surface area contributed by atoms with Gasteiger partial charge in [-0.15, -0.1) is 10.2 Å². The molecular formula is C19H17BrFN3O3S. The van der Waals surface area contributed by atoms with Crippen molar-refractivity contribution in [2.75, 3.05) is 13.1 Å². The van der Waals surface area contributed by atoms with Crippen LogP contribution in [0.25, 0.3) is 11.5 Å². The average Bonchev–Trinajstić information content (AvgIpc) is 3.19. The molecule has 1 atom stereocenters. The van der Waals surface area contributed by atoms with Crippen LogP contribution >= 0.6 is 15.9 Å². The maximum absolute atomic E-state index is 13.1. The summed E-state index contributed by atoms with van der Waals surface area (Å²) in [6, 6.07) is 12.4. The fourth-order valence-corrected chi connectivity index (χ4v) is 5.01. The number of piperidine rings is 1. The third kappa shape index (κ3) is 3.87. The lowest BCUT2D eigenvalue weighted by molar-refractivity contribution is 0.286. The fourth-order valence-electron chi connectivity index (χ4n) is 3.23. The molecule has 0 saturated carbocycles. The Morgan fingerprint density at radius 2 is 1.79 bits per heavy atom. The Bertz CT molecular complexity index is 1070. The number of nitrogens with zero attached hydrogens (tertiary/aromatic N) is 3. The largest absolute Gasteiger partial charge is 0.420 e. The summed E-state index contributed by atoms with van der Waals surface area (Å²) in [4.78, 5) is 0.258. The van der Waals surface area contributed by atoms with Crippen LogP contribution in [0.4, 0.5) is 4.39 Å². The highest BCUT2D eigenvalue weighted by atomic mass is 79.9. The predicted molar refractivity (Wildman–Crippen MR) is 105 cm³/mol. The normalized spacial score (nSPS) is 18.3. The van der Waals surface area contributed by atoms with Crippen LogP contribution in [0.1, 0.15) is 24.7 Å². The first-order valence-electron chi connectivity index (χ1n) is 8.78. The Morgan fingerprint density at radius 3 is 2.50 bits per heavy atom. The van der Waals surface area contributed by atoms with Gasteiger partial charge in [0.15, 0.2) is 0 Å². The Hall–Kier alpha value is -2.10. The molecule has 4 rings (SSSR count). The van der Waals surface area contributed by atoms with Crippen LogP contribution in [0.15, 0.2) is 62.3 Å². The minimum atomic E-state index is -3.59. The van der Waals surface area contributed by atoms with Crippen molar-refractivity contribution in [1.82, 2.24) is 14.5 Å². The van der Waals surface area contributed by atoms with Crippen LogP contribution in [0.5, 0.6) is 0 Å². The van der Waals surface area contributed by atoms with Gasteiger partial charge in [-0.25, -0.2) is 12.8 Å². The molecule has 146 valence electrons. The van der Waals surface area contributed by atoms with Crippen LogP contribution in [0.3, 0.4) is 0 Å². The van der Waals surface area contributed by atoms with Crippen molar-refractivity contribution in [2.24, 2.45) is 0 Å². The van der Waals surface area contributed by atoms with Crippen molar-refractivity contribution in [3.05, 3.63) is 64.7 Å². The zero-order chi connectivity index (χ0) is 19.7. The molecule has 0 aliphatic carbocycles. The second kappa shape index (κ2) is 7.73. The lowest BCUT2D eigenvalue weighted by Gasteiger charge is -2.30. The van der Waals surface area contributed by atoms with E-state index in [0.29, 0.717) is 30.3 Å². The smallest absolute Gasteiger partial charge is 0.247 e. The molecule has 1 aliphatic heterocycles. The standard InChI is InChI=1S/C19H17BrFN3O3S/c20-15-5-9-17(10-6-15)28(25,26)24-11-1-2-14(12-24)19-23-22-18(27-19)13-3-7-16(21)8-4-13/h3-10,14H,1-2,11-12H2. The highest BCUT2D eigenvalue weighted by Crippen LogP contribution is 2.31. The third-order valence-electron chi connectivity index (χ3n) is 4.72. The Kier molecular flexibility index (Phi) is 5.31. The van der Waals surface area contributed by atoms with Gasteiger partial charge in [0.2, 0.25) is 21.8 Å². The molecule has 0 amide bonds. The van der Waals surface area contributed by atoms with Gasteiger partial charge in [-0.1, -0.05) is 15.9 Å². The molecule has 3 aromatic rings. The van der Waals surface area contributed by atoms with Crippen molar-refractivity contribution >= 4 is 26.0 Å². The number of halogens is 2. The Balaban J connectivity index is 1.54. The van der Waals surface area contributed by atoms with E-state index in [-0.39, 0.29) is 23.2 Å². The molecular weight excluding hydrogens is 449 g/mol. The summed E-state index contributed by atoms with van der Waals surface area (Å²) in [6.45, 7) is 0.733. The molecule has 1 unspecified atom stereocenters. The highest BCUT2D eigenvalue weighted by Gasteiger charge is 2.33. The number of hydrogen-bond donors (Lipinski definition) is 0. The number of sulfonamides is 1. The van der Waals surface area contributed by atoms with E-state index in [1.54, 1.807) is 36.4 Å². The van der Waals surface area contributed by atoms with Crippen LogP contribution in [-0.4, -0.2) is 36.0 Å². The maximum Gasteiger partial charge on any atom is 0.247 e. The van der Waals surface area contributed by atoms with Crippen LogP contribution in [0.2, 0.25) is 0 Å². The molecule has 2 heterocycles. The summed E-state index contributed by atoms with van der Waals surface area (Å²) < 4.78 is 47.0. The van der Waals surface area contributed by atoms with Crippen LogP contribution in [-0.2, 0) is 10.0 Å². The first-order chi connectivity index (χ1) is 13.4. The molecule has 0 radical (unpaired) electrons.